The fourth-order valence-corrected chi connectivity index (χ4v) is 2.91. The second-order valence-corrected chi connectivity index (χ2v) is 6.10. The minimum absolute atomic E-state index is 0.202. The first kappa shape index (κ1) is 15.0. The number of carbonyl (C=O) groups excluding carboxylic acids is 1. The zero-order chi connectivity index (χ0) is 14.9. The van der Waals surface area contributed by atoms with Crippen molar-refractivity contribution in [1.29, 1.82) is 0 Å². The van der Waals surface area contributed by atoms with Gasteiger partial charge in [0.25, 0.3) is 0 Å². The molecule has 0 saturated heterocycles. The molecule has 3 atom stereocenters. The van der Waals surface area contributed by atoms with Crippen molar-refractivity contribution < 1.29 is 19.1 Å². The minimum Gasteiger partial charge on any atom is -0.481 e. The van der Waals surface area contributed by atoms with Crippen molar-refractivity contribution in [3.63, 3.8) is 0 Å². The van der Waals surface area contributed by atoms with Gasteiger partial charge in [0.15, 0.2) is 0 Å². The molecule has 1 aliphatic rings. The van der Waals surface area contributed by atoms with Crippen LogP contribution in [0.3, 0.4) is 0 Å². The van der Waals surface area contributed by atoms with E-state index < -0.39 is 23.6 Å². The Morgan fingerprint density at radius 1 is 1.35 bits per heavy atom. The van der Waals surface area contributed by atoms with E-state index in [1.165, 1.54) is 12.1 Å². The lowest BCUT2D eigenvalue weighted by Crippen LogP contribution is -2.30. The van der Waals surface area contributed by atoms with Crippen LogP contribution < -0.4 is 5.32 Å². The van der Waals surface area contributed by atoms with Gasteiger partial charge in [-0.3, -0.25) is 9.59 Å². The highest BCUT2D eigenvalue weighted by Gasteiger charge is 2.41. The summed E-state index contributed by atoms with van der Waals surface area (Å²) in [5.41, 5.74) is 0.333. The number of aliphatic carboxylic acids is 1. The predicted octanol–water partition coefficient (Wildman–Crippen LogP) is 3.27. The zero-order valence-corrected chi connectivity index (χ0v) is 12.5. The number of anilines is 1. The number of nitrogens with one attached hydrogen (secondary N) is 1. The summed E-state index contributed by atoms with van der Waals surface area (Å²) in [4.78, 5) is 23.3. The molecule has 1 fully saturated rings. The summed E-state index contributed by atoms with van der Waals surface area (Å²) in [5, 5.41) is 11.7. The van der Waals surface area contributed by atoms with Crippen molar-refractivity contribution in [1.82, 2.24) is 0 Å². The maximum absolute atomic E-state index is 13.4. The van der Waals surface area contributed by atoms with Crippen molar-refractivity contribution in [2.24, 2.45) is 17.8 Å². The summed E-state index contributed by atoms with van der Waals surface area (Å²) < 4.78 is 13.7. The second-order valence-electron chi connectivity index (χ2n) is 5.25. The third-order valence-corrected chi connectivity index (χ3v) is 4.28. The molecule has 0 bridgehead atoms. The van der Waals surface area contributed by atoms with Crippen molar-refractivity contribution >= 4 is 33.5 Å². The highest BCUT2D eigenvalue weighted by Crippen LogP contribution is 2.37. The van der Waals surface area contributed by atoms with Crippen LogP contribution in [0.1, 0.15) is 19.8 Å². The third-order valence-electron chi connectivity index (χ3n) is 3.64. The van der Waals surface area contributed by atoms with Crippen LogP contribution in [0.2, 0.25) is 0 Å². The van der Waals surface area contributed by atoms with Gasteiger partial charge < -0.3 is 10.4 Å². The number of hydrogen-bond donors (Lipinski definition) is 2. The van der Waals surface area contributed by atoms with E-state index in [1.54, 1.807) is 6.07 Å². The second kappa shape index (κ2) is 5.91. The molecule has 20 heavy (non-hydrogen) atoms. The Labute approximate surface area is 124 Å². The molecule has 108 valence electrons. The van der Waals surface area contributed by atoms with Crippen LogP contribution in [0.4, 0.5) is 10.1 Å². The van der Waals surface area contributed by atoms with E-state index in [1.807, 2.05) is 6.92 Å². The van der Waals surface area contributed by atoms with Crippen LogP contribution in [-0.4, -0.2) is 17.0 Å². The first-order valence-electron chi connectivity index (χ1n) is 6.37. The molecule has 0 spiro atoms. The summed E-state index contributed by atoms with van der Waals surface area (Å²) in [7, 11) is 0. The molecule has 1 aliphatic carbocycles. The molecule has 0 radical (unpaired) electrons. The highest BCUT2D eigenvalue weighted by atomic mass is 79.9. The fourth-order valence-electron chi connectivity index (χ4n) is 2.66. The van der Waals surface area contributed by atoms with Gasteiger partial charge in [-0.1, -0.05) is 6.92 Å². The van der Waals surface area contributed by atoms with Crippen molar-refractivity contribution in [2.45, 2.75) is 19.8 Å². The number of halogens is 2. The average Bonchev–Trinajstić information content (AvgIpc) is 2.76. The normalized spacial score (nSPS) is 25.4. The Balaban J connectivity index is 2.11. The molecule has 0 aliphatic heterocycles. The zero-order valence-electron chi connectivity index (χ0n) is 10.9. The van der Waals surface area contributed by atoms with Crippen LogP contribution in [-0.2, 0) is 9.59 Å². The number of rotatable bonds is 3. The van der Waals surface area contributed by atoms with Crippen LogP contribution in [0.5, 0.6) is 0 Å². The summed E-state index contributed by atoms with van der Waals surface area (Å²) in [6, 6.07) is 4.27. The Morgan fingerprint density at radius 3 is 2.60 bits per heavy atom. The molecule has 4 nitrogen and oxygen atoms in total. The molecular formula is C14H15BrFNO3. The molecule has 0 heterocycles. The van der Waals surface area contributed by atoms with Gasteiger partial charge in [-0.05, 0) is 52.9 Å². The minimum atomic E-state index is -0.948. The monoisotopic (exact) mass is 343 g/mol. The molecule has 1 amide bonds. The number of benzene rings is 1. The van der Waals surface area contributed by atoms with E-state index in [0.717, 1.165) is 0 Å². The maximum Gasteiger partial charge on any atom is 0.307 e. The van der Waals surface area contributed by atoms with E-state index in [0.29, 0.717) is 23.0 Å². The van der Waals surface area contributed by atoms with Crippen LogP contribution in [0.15, 0.2) is 22.7 Å². The Bertz CT molecular complexity index is 549. The summed E-state index contributed by atoms with van der Waals surface area (Å²) >= 11 is 3.03. The SMILES string of the molecule is CC1C[C@H](C(=O)Nc2ccc(Br)c(F)c2)[C@H](C(=O)O)C1. The van der Waals surface area contributed by atoms with Crippen molar-refractivity contribution in [3.05, 3.63) is 28.5 Å². The Kier molecular flexibility index (Phi) is 4.42. The van der Waals surface area contributed by atoms with E-state index in [4.69, 9.17) is 5.11 Å². The summed E-state index contributed by atoms with van der Waals surface area (Å²) in [5.74, 6) is -2.80. The first-order chi connectivity index (χ1) is 9.38. The topological polar surface area (TPSA) is 66.4 Å². The Hall–Kier alpha value is -1.43. The molecule has 1 saturated carbocycles. The number of amides is 1. The third kappa shape index (κ3) is 3.17. The van der Waals surface area contributed by atoms with Gasteiger partial charge in [0.05, 0.1) is 16.3 Å². The highest BCUT2D eigenvalue weighted by molar-refractivity contribution is 9.10. The van der Waals surface area contributed by atoms with E-state index in [2.05, 4.69) is 21.2 Å². The van der Waals surface area contributed by atoms with Gasteiger partial charge in [-0.15, -0.1) is 0 Å². The van der Waals surface area contributed by atoms with Gasteiger partial charge in [0, 0.05) is 5.69 Å². The van der Waals surface area contributed by atoms with Crippen molar-refractivity contribution in [2.75, 3.05) is 5.32 Å². The van der Waals surface area contributed by atoms with Gasteiger partial charge in [0.2, 0.25) is 5.91 Å². The van der Waals surface area contributed by atoms with E-state index in [-0.39, 0.29) is 11.8 Å². The Morgan fingerprint density at radius 2 is 2.00 bits per heavy atom. The van der Waals surface area contributed by atoms with Crippen LogP contribution in [0.25, 0.3) is 0 Å². The van der Waals surface area contributed by atoms with Gasteiger partial charge >= 0.3 is 5.97 Å². The first-order valence-corrected chi connectivity index (χ1v) is 7.16. The standard InChI is InChI=1S/C14H15BrFNO3/c1-7-4-9(10(5-7)14(19)20)13(18)17-8-2-3-11(15)12(16)6-8/h2-3,6-7,9-10H,4-5H2,1H3,(H,17,18)(H,19,20)/t7?,9-,10+/m0/s1. The number of hydrogen-bond acceptors (Lipinski definition) is 2. The molecule has 0 aromatic heterocycles. The predicted molar refractivity (Wildman–Crippen MR) is 75.7 cm³/mol. The fraction of sp³-hybridized carbons (Fsp3) is 0.429. The lowest BCUT2D eigenvalue weighted by atomic mass is 9.95. The van der Waals surface area contributed by atoms with E-state index in [9.17, 15) is 14.0 Å². The number of carboxylic acid groups (broad SMARTS) is 1. The molecule has 2 N–H and O–H groups in total. The number of carbonyl (C=O) groups is 2. The molecular weight excluding hydrogens is 329 g/mol. The molecule has 1 unspecified atom stereocenters. The molecule has 1 aromatic rings. The van der Waals surface area contributed by atoms with Crippen LogP contribution in [0, 0.1) is 23.6 Å². The lowest BCUT2D eigenvalue weighted by molar-refractivity contribution is -0.145. The van der Waals surface area contributed by atoms with Crippen LogP contribution >= 0.6 is 15.9 Å². The van der Waals surface area contributed by atoms with Gasteiger partial charge in [-0.25, -0.2) is 4.39 Å². The van der Waals surface area contributed by atoms with Crippen molar-refractivity contribution in [3.8, 4) is 0 Å². The lowest BCUT2D eigenvalue weighted by Gasteiger charge is -2.15. The van der Waals surface area contributed by atoms with Gasteiger partial charge in [0.1, 0.15) is 5.82 Å². The molecule has 2 rings (SSSR count). The quantitative estimate of drug-likeness (QED) is 0.884. The smallest absolute Gasteiger partial charge is 0.307 e. The largest absolute Gasteiger partial charge is 0.481 e. The maximum atomic E-state index is 13.4. The summed E-state index contributed by atoms with van der Waals surface area (Å²) in [6.45, 7) is 1.93. The molecule has 1 aromatic carbocycles. The van der Waals surface area contributed by atoms with Gasteiger partial charge in [-0.2, -0.15) is 0 Å². The number of carboxylic acids is 1. The molecule has 6 heteroatoms. The van der Waals surface area contributed by atoms with E-state index >= 15 is 0 Å². The average molecular weight is 344 g/mol. The summed E-state index contributed by atoms with van der Waals surface area (Å²) in [6.07, 6.45) is 1.05.